The van der Waals surface area contributed by atoms with Crippen molar-refractivity contribution >= 4 is 5.91 Å². The Hall–Kier alpha value is -0.570. The second-order valence-corrected chi connectivity index (χ2v) is 4.91. The van der Waals surface area contributed by atoms with Crippen LogP contribution in [0.5, 0.6) is 0 Å². The normalized spacial score (nSPS) is 13.6. The molecule has 96 valence electrons. The van der Waals surface area contributed by atoms with Gasteiger partial charge < -0.3 is 11.1 Å². The quantitative estimate of drug-likeness (QED) is 0.670. The van der Waals surface area contributed by atoms with Gasteiger partial charge in [-0.15, -0.1) is 0 Å². The van der Waals surface area contributed by atoms with Crippen LogP contribution in [0, 0.1) is 11.3 Å². The zero-order chi connectivity index (χ0) is 12.6. The molecule has 3 heteroatoms. The Kier molecular flexibility index (Phi) is 7.39. The Morgan fingerprint density at radius 2 is 1.88 bits per heavy atom. The summed E-state index contributed by atoms with van der Waals surface area (Å²) in [6, 6.07) is 0. The van der Waals surface area contributed by atoms with Crippen molar-refractivity contribution in [1.82, 2.24) is 5.32 Å². The molecule has 16 heavy (non-hydrogen) atoms. The van der Waals surface area contributed by atoms with Crippen LogP contribution in [-0.2, 0) is 4.79 Å². The Balaban J connectivity index is 4.06. The SMILES string of the molecule is CCC(C)CC(=O)NCC(CC)(CC)CN. The van der Waals surface area contributed by atoms with E-state index >= 15 is 0 Å². The van der Waals surface area contributed by atoms with Crippen LogP contribution in [0.25, 0.3) is 0 Å². The summed E-state index contributed by atoms with van der Waals surface area (Å²) in [6.07, 6.45) is 3.72. The predicted octanol–water partition coefficient (Wildman–Crippen LogP) is 2.30. The number of amides is 1. The molecule has 0 aliphatic heterocycles. The molecule has 0 aliphatic carbocycles. The van der Waals surface area contributed by atoms with Crippen molar-refractivity contribution in [2.75, 3.05) is 13.1 Å². The van der Waals surface area contributed by atoms with E-state index in [1.54, 1.807) is 0 Å². The molecular formula is C13H28N2O. The van der Waals surface area contributed by atoms with E-state index in [0.29, 0.717) is 25.4 Å². The fourth-order valence-corrected chi connectivity index (χ4v) is 1.68. The molecule has 0 fully saturated rings. The van der Waals surface area contributed by atoms with Gasteiger partial charge in [0, 0.05) is 13.0 Å². The molecule has 0 heterocycles. The average molecular weight is 228 g/mol. The van der Waals surface area contributed by atoms with E-state index < -0.39 is 0 Å². The van der Waals surface area contributed by atoms with Gasteiger partial charge in [-0.05, 0) is 30.7 Å². The third-order valence-electron chi connectivity index (χ3n) is 3.82. The molecule has 0 radical (unpaired) electrons. The van der Waals surface area contributed by atoms with Gasteiger partial charge in [-0.3, -0.25) is 4.79 Å². The molecule has 3 nitrogen and oxygen atoms in total. The van der Waals surface area contributed by atoms with Gasteiger partial charge >= 0.3 is 0 Å². The minimum atomic E-state index is 0.0884. The zero-order valence-corrected chi connectivity index (χ0v) is 11.3. The van der Waals surface area contributed by atoms with Crippen LogP contribution in [-0.4, -0.2) is 19.0 Å². The van der Waals surface area contributed by atoms with Crippen molar-refractivity contribution in [2.24, 2.45) is 17.1 Å². The fourth-order valence-electron chi connectivity index (χ4n) is 1.68. The Labute approximate surface area is 100 Å². The molecule has 0 saturated heterocycles. The molecule has 0 saturated carbocycles. The largest absolute Gasteiger partial charge is 0.355 e. The number of nitrogens with one attached hydrogen (secondary N) is 1. The highest BCUT2D eigenvalue weighted by molar-refractivity contribution is 5.76. The van der Waals surface area contributed by atoms with E-state index in [1.807, 2.05) is 0 Å². The number of carbonyl (C=O) groups excluding carboxylic acids is 1. The predicted molar refractivity (Wildman–Crippen MR) is 69.2 cm³/mol. The summed E-state index contributed by atoms with van der Waals surface area (Å²) >= 11 is 0. The number of nitrogens with two attached hydrogens (primary N) is 1. The van der Waals surface area contributed by atoms with Gasteiger partial charge in [-0.2, -0.15) is 0 Å². The van der Waals surface area contributed by atoms with Crippen LogP contribution in [0.2, 0.25) is 0 Å². The Bertz CT molecular complexity index is 192. The summed E-state index contributed by atoms with van der Waals surface area (Å²) in [7, 11) is 0. The molecular weight excluding hydrogens is 200 g/mol. The summed E-state index contributed by atoms with van der Waals surface area (Å²) in [5.74, 6) is 0.629. The van der Waals surface area contributed by atoms with E-state index in [0.717, 1.165) is 19.3 Å². The van der Waals surface area contributed by atoms with Gasteiger partial charge in [0.15, 0.2) is 0 Å². The van der Waals surface area contributed by atoms with Gasteiger partial charge in [0.1, 0.15) is 0 Å². The molecule has 1 amide bonds. The zero-order valence-electron chi connectivity index (χ0n) is 11.3. The van der Waals surface area contributed by atoms with Crippen molar-refractivity contribution in [1.29, 1.82) is 0 Å². The lowest BCUT2D eigenvalue weighted by molar-refractivity contribution is -0.122. The second-order valence-electron chi connectivity index (χ2n) is 4.91. The van der Waals surface area contributed by atoms with E-state index in [9.17, 15) is 4.79 Å². The van der Waals surface area contributed by atoms with Crippen molar-refractivity contribution < 1.29 is 4.79 Å². The smallest absolute Gasteiger partial charge is 0.220 e. The van der Waals surface area contributed by atoms with Gasteiger partial charge in [0.25, 0.3) is 0 Å². The average Bonchev–Trinajstić information content (AvgIpc) is 2.31. The highest BCUT2D eigenvalue weighted by Gasteiger charge is 2.24. The van der Waals surface area contributed by atoms with E-state index in [-0.39, 0.29) is 11.3 Å². The lowest BCUT2D eigenvalue weighted by Gasteiger charge is -2.30. The maximum absolute atomic E-state index is 11.7. The van der Waals surface area contributed by atoms with Crippen LogP contribution in [0.3, 0.4) is 0 Å². The molecule has 1 unspecified atom stereocenters. The van der Waals surface area contributed by atoms with Crippen LogP contribution < -0.4 is 11.1 Å². The first kappa shape index (κ1) is 15.4. The first-order valence-corrected chi connectivity index (χ1v) is 6.50. The van der Waals surface area contributed by atoms with Gasteiger partial charge in [0.2, 0.25) is 5.91 Å². The molecule has 0 aliphatic rings. The van der Waals surface area contributed by atoms with Gasteiger partial charge in [-0.1, -0.05) is 34.1 Å². The third-order valence-corrected chi connectivity index (χ3v) is 3.82. The number of hydrogen-bond donors (Lipinski definition) is 2. The number of hydrogen-bond acceptors (Lipinski definition) is 2. The summed E-state index contributed by atoms with van der Waals surface area (Å²) in [4.78, 5) is 11.7. The highest BCUT2D eigenvalue weighted by atomic mass is 16.1. The molecule has 3 N–H and O–H groups in total. The van der Waals surface area contributed by atoms with Crippen molar-refractivity contribution in [2.45, 2.75) is 53.4 Å². The summed E-state index contributed by atoms with van der Waals surface area (Å²) in [5, 5.41) is 3.02. The van der Waals surface area contributed by atoms with Crippen molar-refractivity contribution in [3.8, 4) is 0 Å². The third kappa shape index (κ3) is 4.97. The van der Waals surface area contributed by atoms with Crippen LogP contribution in [0.1, 0.15) is 53.4 Å². The molecule has 0 aromatic rings. The van der Waals surface area contributed by atoms with Crippen molar-refractivity contribution in [3.63, 3.8) is 0 Å². The van der Waals surface area contributed by atoms with Crippen LogP contribution >= 0.6 is 0 Å². The Morgan fingerprint density at radius 3 is 2.25 bits per heavy atom. The molecule has 0 rings (SSSR count). The van der Waals surface area contributed by atoms with E-state index in [4.69, 9.17) is 5.73 Å². The number of rotatable bonds is 8. The molecule has 0 bridgehead atoms. The molecule has 0 aromatic heterocycles. The lowest BCUT2D eigenvalue weighted by atomic mass is 9.82. The summed E-state index contributed by atoms with van der Waals surface area (Å²) < 4.78 is 0. The van der Waals surface area contributed by atoms with Gasteiger partial charge in [0.05, 0.1) is 0 Å². The first-order chi connectivity index (χ1) is 7.53. The Morgan fingerprint density at radius 1 is 1.31 bits per heavy atom. The summed E-state index contributed by atoms with van der Waals surface area (Å²) in [6.45, 7) is 9.85. The highest BCUT2D eigenvalue weighted by Crippen LogP contribution is 2.23. The second kappa shape index (κ2) is 7.66. The molecule has 0 spiro atoms. The molecule has 0 aromatic carbocycles. The van der Waals surface area contributed by atoms with E-state index in [2.05, 4.69) is 33.0 Å². The monoisotopic (exact) mass is 228 g/mol. The maximum atomic E-state index is 11.7. The maximum Gasteiger partial charge on any atom is 0.220 e. The standard InChI is InChI=1S/C13H28N2O/c1-5-11(4)8-12(16)15-10-13(6-2,7-3)9-14/h11H,5-10,14H2,1-4H3,(H,15,16). The van der Waals surface area contributed by atoms with Gasteiger partial charge in [-0.25, -0.2) is 0 Å². The summed E-state index contributed by atoms with van der Waals surface area (Å²) in [5.41, 5.74) is 5.88. The van der Waals surface area contributed by atoms with Crippen LogP contribution in [0.15, 0.2) is 0 Å². The topological polar surface area (TPSA) is 55.1 Å². The minimum Gasteiger partial charge on any atom is -0.355 e. The lowest BCUT2D eigenvalue weighted by Crippen LogP contribution is -2.42. The van der Waals surface area contributed by atoms with E-state index in [1.165, 1.54) is 0 Å². The van der Waals surface area contributed by atoms with Crippen molar-refractivity contribution in [3.05, 3.63) is 0 Å². The molecule has 1 atom stereocenters. The number of carbonyl (C=O) groups is 1. The first-order valence-electron chi connectivity index (χ1n) is 6.50. The fraction of sp³-hybridized carbons (Fsp3) is 0.923. The minimum absolute atomic E-state index is 0.0884. The van der Waals surface area contributed by atoms with Crippen LogP contribution in [0.4, 0.5) is 0 Å².